The standard InChI is InChI=1S/C60H94O6/c1-4-7-10-13-16-19-22-25-28-29-30-31-33-35-38-41-44-47-50-53-59(62)65-56-57(55-64-58(61)52-49-46-43-40-37-34-27-24-21-18-15-12-9-6-3)66-60(63)54-51-48-45-42-39-36-32-26-23-20-17-14-11-8-5-2/h7-12,14,16-21,23,25-26,28,30-32,35,38,57H,4-6,13,15,22,24,27,29,33-34,36-37,39-56H2,1-3H3/b10-7-,11-8-,12-9-,17-14-,19-16-,21-18-,23-20-,28-25-,31-30-,32-26-,38-35-. The van der Waals surface area contributed by atoms with Gasteiger partial charge in [-0.05, 0) is 109 Å². The van der Waals surface area contributed by atoms with Crippen molar-refractivity contribution < 1.29 is 28.6 Å². The van der Waals surface area contributed by atoms with E-state index in [0.29, 0.717) is 12.8 Å². The van der Waals surface area contributed by atoms with Gasteiger partial charge in [-0.15, -0.1) is 0 Å². The van der Waals surface area contributed by atoms with E-state index < -0.39 is 6.10 Å². The molecule has 0 rings (SSSR count). The van der Waals surface area contributed by atoms with Gasteiger partial charge in [0.05, 0.1) is 0 Å². The molecule has 6 heteroatoms. The van der Waals surface area contributed by atoms with Crippen molar-refractivity contribution in [3.63, 3.8) is 0 Å². The molecule has 0 saturated carbocycles. The molecule has 6 nitrogen and oxygen atoms in total. The van der Waals surface area contributed by atoms with Gasteiger partial charge in [0.25, 0.3) is 0 Å². The quantitative estimate of drug-likeness (QED) is 0.0199. The van der Waals surface area contributed by atoms with Crippen LogP contribution in [0.1, 0.15) is 207 Å². The summed E-state index contributed by atoms with van der Waals surface area (Å²) in [4.78, 5) is 38.0. The molecule has 0 aromatic rings. The van der Waals surface area contributed by atoms with Crippen molar-refractivity contribution in [3.05, 3.63) is 134 Å². The molecule has 0 aromatic heterocycles. The average Bonchev–Trinajstić information content (AvgIpc) is 3.31. The third-order valence-electron chi connectivity index (χ3n) is 10.5. The highest BCUT2D eigenvalue weighted by molar-refractivity contribution is 5.71. The van der Waals surface area contributed by atoms with Gasteiger partial charge < -0.3 is 14.2 Å². The summed E-state index contributed by atoms with van der Waals surface area (Å²) in [7, 11) is 0. The zero-order valence-electron chi connectivity index (χ0n) is 42.1. The average molecular weight is 911 g/mol. The van der Waals surface area contributed by atoms with Crippen LogP contribution in [0.3, 0.4) is 0 Å². The van der Waals surface area contributed by atoms with Crippen molar-refractivity contribution in [3.8, 4) is 0 Å². The van der Waals surface area contributed by atoms with Gasteiger partial charge in [0.15, 0.2) is 6.10 Å². The molecule has 0 spiro atoms. The van der Waals surface area contributed by atoms with Crippen molar-refractivity contribution in [2.45, 2.75) is 213 Å². The van der Waals surface area contributed by atoms with Crippen LogP contribution in [-0.2, 0) is 28.6 Å². The van der Waals surface area contributed by atoms with Crippen LogP contribution >= 0.6 is 0 Å². The zero-order valence-corrected chi connectivity index (χ0v) is 42.1. The molecule has 1 unspecified atom stereocenters. The maximum Gasteiger partial charge on any atom is 0.306 e. The number of ether oxygens (including phenoxy) is 3. The molecular formula is C60H94O6. The first-order valence-corrected chi connectivity index (χ1v) is 26.2. The van der Waals surface area contributed by atoms with Gasteiger partial charge in [0, 0.05) is 19.3 Å². The number of carbonyl (C=O) groups excluding carboxylic acids is 3. The summed E-state index contributed by atoms with van der Waals surface area (Å²) < 4.78 is 16.8. The van der Waals surface area contributed by atoms with Gasteiger partial charge in [0.1, 0.15) is 13.2 Å². The van der Waals surface area contributed by atoms with Crippen LogP contribution in [0, 0.1) is 0 Å². The minimum absolute atomic E-state index is 0.108. The number of hydrogen-bond acceptors (Lipinski definition) is 6. The predicted octanol–water partition coefficient (Wildman–Crippen LogP) is 17.5. The van der Waals surface area contributed by atoms with Gasteiger partial charge in [0.2, 0.25) is 0 Å². The van der Waals surface area contributed by atoms with Crippen LogP contribution in [0.15, 0.2) is 134 Å². The lowest BCUT2D eigenvalue weighted by atomic mass is 10.1. The highest BCUT2D eigenvalue weighted by Gasteiger charge is 2.19. The highest BCUT2D eigenvalue weighted by atomic mass is 16.6. The number of hydrogen-bond donors (Lipinski definition) is 0. The monoisotopic (exact) mass is 911 g/mol. The van der Waals surface area contributed by atoms with Gasteiger partial charge in [-0.1, -0.05) is 212 Å². The fourth-order valence-electron chi connectivity index (χ4n) is 6.63. The number of rotatable bonds is 45. The van der Waals surface area contributed by atoms with E-state index in [1.807, 2.05) is 24.3 Å². The van der Waals surface area contributed by atoms with Crippen LogP contribution < -0.4 is 0 Å². The summed E-state index contributed by atoms with van der Waals surface area (Å²) in [6.45, 7) is 6.21. The van der Waals surface area contributed by atoms with Crippen LogP contribution in [0.5, 0.6) is 0 Å². The lowest BCUT2D eigenvalue weighted by molar-refractivity contribution is -0.167. The molecule has 0 fully saturated rings. The third kappa shape index (κ3) is 50.5. The van der Waals surface area contributed by atoms with Crippen LogP contribution in [0.2, 0.25) is 0 Å². The van der Waals surface area contributed by atoms with E-state index in [-0.39, 0.29) is 37.5 Å². The Balaban J connectivity index is 4.52. The molecule has 0 radical (unpaired) electrons. The molecule has 370 valence electrons. The molecule has 66 heavy (non-hydrogen) atoms. The lowest BCUT2D eigenvalue weighted by Crippen LogP contribution is -2.30. The topological polar surface area (TPSA) is 78.9 Å². The first kappa shape index (κ1) is 61.5. The Hall–Kier alpha value is -4.45. The second kappa shape index (κ2) is 53.2. The summed E-state index contributed by atoms with van der Waals surface area (Å²) in [5.41, 5.74) is 0. The maximum absolute atomic E-state index is 12.8. The molecule has 0 aliphatic heterocycles. The first-order chi connectivity index (χ1) is 32.5. The Morgan fingerprint density at radius 3 is 1.05 bits per heavy atom. The van der Waals surface area contributed by atoms with E-state index >= 15 is 0 Å². The molecule has 0 aliphatic carbocycles. The van der Waals surface area contributed by atoms with Gasteiger partial charge >= 0.3 is 17.9 Å². The lowest BCUT2D eigenvalue weighted by Gasteiger charge is -2.18. The summed E-state index contributed by atoms with van der Waals surface area (Å²) in [6.07, 6.45) is 74.3. The molecule has 0 aliphatic rings. The number of carbonyl (C=O) groups is 3. The number of unbranched alkanes of at least 4 members (excludes halogenated alkanes) is 15. The number of esters is 3. The molecular weight excluding hydrogens is 817 g/mol. The van der Waals surface area contributed by atoms with Crippen molar-refractivity contribution >= 4 is 17.9 Å². The zero-order chi connectivity index (χ0) is 47.9. The summed E-state index contributed by atoms with van der Waals surface area (Å²) in [5, 5.41) is 0. The second-order valence-electron chi connectivity index (χ2n) is 16.7. The SMILES string of the molecule is CC\C=C/C=C\C=C/C=C\CCCCCCCC(=O)OC(COC(=O)CCCCC/C=C\C/C=C\C/C=C\C/C=C\C/C=C\CC)COC(=O)CCCCCCCCC/C=C\C/C=C\CC. The molecule has 0 heterocycles. The maximum atomic E-state index is 12.8. The van der Waals surface area contributed by atoms with E-state index in [2.05, 4.69) is 130 Å². The Morgan fingerprint density at radius 2 is 0.621 bits per heavy atom. The van der Waals surface area contributed by atoms with Crippen molar-refractivity contribution in [1.82, 2.24) is 0 Å². The molecule has 0 N–H and O–H groups in total. The molecule has 0 amide bonds. The fraction of sp³-hybridized carbons (Fsp3) is 0.583. The van der Waals surface area contributed by atoms with Crippen molar-refractivity contribution in [2.24, 2.45) is 0 Å². The van der Waals surface area contributed by atoms with Crippen molar-refractivity contribution in [2.75, 3.05) is 13.2 Å². The third-order valence-corrected chi connectivity index (χ3v) is 10.5. The van der Waals surface area contributed by atoms with E-state index in [1.54, 1.807) is 0 Å². The fourth-order valence-corrected chi connectivity index (χ4v) is 6.63. The predicted molar refractivity (Wildman–Crippen MR) is 283 cm³/mol. The smallest absolute Gasteiger partial charge is 0.306 e. The second-order valence-corrected chi connectivity index (χ2v) is 16.7. The van der Waals surface area contributed by atoms with E-state index in [0.717, 1.165) is 141 Å². The van der Waals surface area contributed by atoms with Crippen LogP contribution in [0.4, 0.5) is 0 Å². The molecule has 1 atom stereocenters. The molecule has 0 aromatic carbocycles. The van der Waals surface area contributed by atoms with E-state index in [9.17, 15) is 14.4 Å². The van der Waals surface area contributed by atoms with Crippen molar-refractivity contribution in [1.29, 1.82) is 0 Å². The summed E-state index contributed by atoms with van der Waals surface area (Å²) in [5.74, 6) is -0.981. The normalized spacial score (nSPS) is 13.2. The summed E-state index contributed by atoms with van der Waals surface area (Å²) >= 11 is 0. The Kier molecular flexibility index (Phi) is 49.6. The summed E-state index contributed by atoms with van der Waals surface area (Å²) in [6, 6.07) is 0. The Bertz CT molecular complexity index is 1460. The minimum Gasteiger partial charge on any atom is -0.462 e. The van der Waals surface area contributed by atoms with Crippen LogP contribution in [0.25, 0.3) is 0 Å². The van der Waals surface area contributed by atoms with Gasteiger partial charge in [-0.2, -0.15) is 0 Å². The largest absolute Gasteiger partial charge is 0.462 e. The Labute approximate surface area is 405 Å². The van der Waals surface area contributed by atoms with Gasteiger partial charge in [-0.3, -0.25) is 14.4 Å². The Morgan fingerprint density at radius 1 is 0.318 bits per heavy atom. The first-order valence-electron chi connectivity index (χ1n) is 26.2. The van der Waals surface area contributed by atoms with E-state index in [4.69, 9.17) is 14.2 Å². The molecule has 0 bridgehead atoms. The van der Waals surface area contributed by atoms with Crippen LogP contribution in [-0.4, -0.2) is 37.2 Å². The van der Waals surface area contributed by atoms with E-state index in [1.165, 1.54) is 25.7 Å². The molecule has 0 saturated heterocycles. The van der Waals surface area contributed by atoms with Gasteiger partial charge in [-0.25, -0.2) is 0 Å². The minimum atomic E-state index is -0.812. The number of allylic oxidation sites excluding steroid dienone is 22. The highest BCUT2D eigenvalue weighted by Crippen LogP contribution is 2.13.